The van der Waals surface area contributed by atoms with Crippen molar-refractivity contribution >= 4 is 39.7 Å². The number of nitrogens with zero attached hydrogens (tertiary/aromatic N) is 5. The lowest BCUT2D eigenvalue weighted by molar-refractivity contribution is -0.111. The summed E-state index contributed by atoms with van der Waals surface area (Å²) in [6, 6.07) is 10.8. The molecule has 5 rings (SSSR count). The van der Waals surface area contributed by atoms with E-state index in [1.54, 1.807) is 23.0 Å². The number of fused-ring (bicyclic) bond motifs is 1. The number of nitrogens with one attached hydrogen (secondary N) is 3. The van der Waals surface area contributed by atoms with Gasteiger partial charge in [-0.05, 0) is 31.2 Å². The number of alkyl halides is 2. The summed E-state index contributed by atoms with van der Waals surface area (Å²) in [5.74, 6) is -0.155. The number of halogens is 2. The van der Waals surface area contributed by atoms with Crippen LogP contribution in [0.5, 0.6) is 5.75 Å². The summed E-state index contributed by atoms with van der Waals surface area (Å²) in [7, 11) is 1.87. The molecule has 1 aliphatic rings. The Bertz CT molecular complexity index is 1520. The maximum atomic E-state index is 13.5. The number of anilines is 4. The molecule has 39 heavy (non-hydrogen) atoms. The first-order chi connectivity index (χ1) is 18.8. The molecule has 0 radical (unpaired) electrons. The molecule has 3 heterocycles. The van der Waals surface area contributed by atoms with Crippen LogP contribution >= 0.6 is 0 Å². The second-order valence-corrected chi connectivity index (χ2v) is 9.19. The maximum absolute atomic E-state index is 13.5. The number of piperazine rings is 1. The third kappa shape index (κ3) is 5.80. The molecule has 10 nitrogen and oxygen atoms in total. The molecule has 2 aromatic carbocycles. The van der Waals surface area contributed by atoms with Crippen LogP contribution in [0.25, 0.3) is 22.2 Å². The van der Waals surface area contributed by atoms with E-state index in [1.807, 2.05) is 37.1 Å². The zero-order valence-electron chi connectivity index (χ0n) is 21.5. The van der Waals surface area contributed by atoms with Crippen LogP contribution in [-0.4, -0.2) is 57.9 Å². The Labute approximate surface area is 223 Å². The molecule has 0 spiro atoms. The highest BCUT2D eigenvalue weighted by Gasteiger charge is 2.23. The van der Waals surface area contributed by atoms with Crippen LogP contribution in [0.4, 0.5) is 31.7 Å². The van der Waals surface area contributed by atoms with Crippen LogP contribution in [0.3, 0.4) is 0 Å². The number of carbonyl (C=O) groups is 1. The van der Waals surface area contributed by atoms with Crippen molar-refractivity contribution in [2.24, 2.45) is 7.05 Å². The van der Waals surface area contributed by atoms with Gasteiger partial charge in [0.15, 0.2) is 5.75 Å². The van der Waals surface area contributed by atoms with Crippen LogP contribution in [-0.2, 0) is 11.8 Å². The van der Waals surface area contributed by atoms with Gasteiger partial charge in [0.2, 0.25) is 5.91 Å². The van der Waals surface area contributed by atoms with E-state index in [4.69, 9.17) is 4.74 Å². The summed E-state index contributed by atoms with van der Waals surface area (Å²) in [5.41, 5.74) is 3.64. The fourth-order valence-electron chi connectivity index (χ4n) is 4.60. The fraction of sp³-hybridized carbons (Fsp3) is 0.259. The van der Waals surface area contributed by atoms with E-state index < -0.39 is 12.5 Å². The van der Waals surface area contributed by atoms with Crippen molar-refractivity contribution in [3.63, 3.8) is 0 Å². The zero-order valence-corrected chi connectivity index (χ0v) is 21.5. The third-order valence-electron chi connectivity index (χ3n) is 6.44. The summed E-state index contributed by atoms with van der Waals surface area (Å²) in [6.07, 6.45) is 4.30. The first-order valence-electron chi connectivity index (χ1n) is 12.4. The maximum Gasteiger partial charge on any atom is 0.387 e. The molecule has 0 unspecified atom stereocenters. The van der Waals surface area contributed by atoms with Crippen LogP contribution in [0.1, 0.15) is 6.92 Å². The third-order valence-corrected chi connectivity index (χ3v) is 6.44. The lowest BCUT2D eigenvalue weighted by Gasteiger charge is -2.35. The number of rotatable bonds is 8. The van der Waals surface area contributed by atoms with Crippen molar-refractivity contribution in [1.29, 1.82) is 0 Å². The highest BCUT2D eigenvalue weighted by atomic mass is 19.3. The van der Waals surface area contributed by atoms with Gasteiger partial charge in [0, 0.05) is 55.8 Å². The standard InChI is InChI=1S/C27H28F2N8O2/c1-4-26(38)35-20-10-21(24(39-27(28)29)12-23(20)37-8-7-30-16(2)14-37)34-25-11-19(31-15-32-25)17-5-6-22-18(9-17)13-33-36(22)3/h4-6,9-13,15-16,27,30H,1,7-8,14H2,2-3H3,(H,35,38)(H,31,32,34)/t16-/m0/s1. The number of aryl methyl sites for hydroxylation is 1. The molecule has 202 valence electrons. The Kier molecular flexibility index (Phi) is 7.37. The van der Waals surface area contributed by atoms with E-state index in [0.717, 1.165) is 22.5 Å². The molecular formula is C27H28F2N8O2. The largest absolute Gasteiger partial charge is 0.433 e. The number of benzene rings is 2. The summed E-state index contributed by atoms with van der Waals surface area (Å²) in [4.78, 5) is 22.9. The Balaban J connectivity index is 1.52. The summed E-state index contributed by atoms with van der Waals surface area (Å²) >= 11 is 0. The number of aromatic nitrogens is 4. The molecule has 0 saturated carbocycles. The monoisotopic (exact) mass is 534 g/mol. The van der Waals surface area contributed by atoms with E-state index in [9.17, 15) is 13.6 Å². The van der Waals surface area contributed by atoms with Gasteiger partial charge in [0.25, 0.3) is 0 Å². The molecular weight excluding hydrogens is 506 g/mol. The molecule has 2 aromatic heterocycles. The number of hydrogen-bond acceptors (Lipinski definition) is 8. The van der Waals surface area contributed by atoms with E-state index in [-0.39, 0.29) is 17.5 Å². The highest BCUT2D eigenvalue weighted by Crippen LogP contribution is 2.40. The average molecular weight is 535 g/mol. The average Bonchev–Trinajstić information content (AvgIpc) is 3.29. The minimum Gasteiger partial charge on any atom is -0.433 e. The van der Waals surface area contributed by atoms with Gasteiger partial charge < -0.3 is 25.6 Å². The normalized spacial score (nSPS) is 15.4. The predicted molar refractivity (Wildman–Crippen MR) is 147 cm³/mol. The molecule has 12 heteroatoms. The van der Waals surface area contributed by atoms with Crippen LogP contribution in [0, 0.1) is 0 Å². The van der Waals surface area contributed by atoms with E-state index in [2.05, 4.69) is 37.6 Å². The van der Waals surface area contributed by atoms with Gasteiger partial charge in [-0.15, -0.1) is 0 Å². The van der Waals surface area contributed by atoms with Crippen molar-refractivity contribution in [1.82, 2.24) is 25.1 Å². The minimum absolute atomic E-state index is 0.0836. The minimum atomic E-state index is -3.05. The Hall–Kier alpha value is -4.58. The lowest BCUT2D eigenvalue weighted by atomic mass is 10.1. The number of ether oxygens (including phenoxy) is 1. The Morgan fingerprint density at radius 2 is 2.08 bits per heavy atom. The van der Waals surface area contributed by atoms with Crippen molar-refractivity contribution in [2.45, 2.75) is 19.6 Å². The molecule has 4 aromatic rings. The first-order valence-corrected chi connectivity index (χ1v) is 12.4. The van der Waals surface area contributed by atoms with Gasteiger partial charge >= 0.3 is 6.61 Å². The van der Waals surface area contributed by atoms with Crippen LogP contribution in [0.15, 0.2) is 61.6 Å². The SMILES string of the molecule is C=CC(=O)Nc1cc(Nc2cc(-c3ccc4c(cnn4C)c3)ncn2)c(OC(F)F)cc1N1CCN[C@@H](C)C1. The molecule has 0 bridgehead atoms. The van der Waals surface area contributed by atoms with Crippen molar-refractivity contribution in [3.8, 4) is 17.0 Å². The van der Waals surface area contributed by atoms with Gasteiger partial charge in [0.1, 0.15) is 12.1 Å². The summed E-state index contributed by atoms with van der Waals surface area (Å²) < 4.78 is 33.6. The van der Waals surface area contributed by atoms with Crippen molar-refractivity contribution in [2.75, 3.05) is 35.2 Å². The molecule has 1 aliphatic heterocycles. The van der Waals surface area contributed by atoms with Gasteiger partial charge in [-0.2, -0.15) is 13.9 Å². The highest BCUT2D eigenvalue weighted by molar-refractivity contribution is 6.02. The van der Waals surface area contributed by atoms with E-state index >= 15 is 0 Å². The molecule has 1 saturated heterocycles. The number of hydrogen-bond donors (Lipinski definition) is 3. The fourth-order valence-corrected chi connectivity index (χ4v) is 4.60. The molecule has 1 fully saturated rings. The Morgan fingerprint density at radius 3 is 2.85 bits per heavy atom. The van der Waals surface area contributed by atoms with Crippen LogP contribution < -0.4 is 25.6 Å². The Morgan fingerprint density at radius 1 is 1.23 bits per heavy atom. The smallest absolute Gasteiger partial charge is 0.387 e. The quantitative estimate of drug-likeness (QED) is 0.287. The summed E-state index contributed by atoms with van der Waals surface area (Å²) in [5, 5.41) is 14.4. The zero-order chi connectivity index (χ0) is 27.5. The lowest BCUT2D eigenvalue weighted by Crippen LogP contribution is -2.49. The van der Waals surface area contributed by atoms with Gasteiger partial charge in [-0.25, -0.2) is 9.97 Å². The second kappa shape index (κ2) is 11.0. The van der Waals surface area contributed by atoms with E-state index in [0.29, 0.717) is 42.5 Å². The molecule has 1 amide bonds. The van der Waals surface area contributed by atoms with Crippen molar-refractivity contribution < 1.29 is 18.3 Å². The molecule has 3 N–H and O–H groups in total. The number of carbonyl (C=O) groups excluding carboxylic acids is 1. The first kappa shape index (κ1) is 26.0. The van der Waals surface area contributed by atoms with Gasteiger partial charge in [0.05, 0.1) is 34.5 Å². The van der Waals surface area contributed by atoms with Crippen LogP contribution in [0.2, 0.25) is 0 Å². The van der Waals surface area contributed by atoms with E-state index in [1.165, 1.54) is 12.4 Å². The molecule has 1 atom stereocenters. The van der Waals surface area contributed by atoms with Gasteiger partial charge in [-0.3, -0.25) is 9.48 Å². The predicted octanol–water partition coefficient (Wildman–Crippen LogP) is 4.30. The molecule has 0 aliphatic carbocycles. The number of amides is 1. The van der Waals surface area contributed by atoms with Crippen molar-refractivity contribution in [3.05, 3.63) is 61.6 Å². The topological polar surface area (TPSA) is 109 Å². The van der Waals surface area contributed by atoms with Gasteiger partial charge in [-0.1, -0.05) is 12.6 Å². The summed E-state index contributed by atoms with van der Waals surface area (Å²) in [6.45, 7) is 4.44. The second-order valence-electron chi connectivity index (χ2n) is 9.19.